The van der Waals surface area contributed by atoms with Crippen molar-refractivity contribution in [3.8, 4) is 17.6 Å². The fourth-order valence-corrected chi connectivity index (χ4v) is 4.31. The van der Waals surface area contributed by atoms with E-state index in [1.807, 2.05) is 24.3 Å². The van der Waals surface area contributed by atoms with Gasteiger partial charge in [0.05, 0.1) is 26.4 Å². The average Bonchev–Trinajstić information content (AvgIpc) is 2.79. The molecular weight excluding hydrogens is 598 g/mol. The van der Waals surface area contributed by atoms with Gasteiger partial charge in [0.25, 0.3) is 5.91 Å². The lowest BCUT2D eigenvalue weighted by molar-refractivity contribution is -0.112. The summed E-state index contributed by atoms with van der Waals surface area (Å²) >= 11 is 20.5. The third-order valence-corrected chi connectivity index (χ3v) is 6.26. The molecule has 0 aliphatic heterocycles. The number of hydrogen-bond acceptors (Lipinski definition) is 4. The van der Waals surface area contributed by atoms with E-state index in [1.54, 1.807) is 36.4 Å². The topological polar surface area (TPSA) is 71.3 Å². The zero-order valence-corrected chi connectivity index (χ0v) is 21.6. The molecule has 0 radical (unpaired) electrons. The third kappa shape index (κ3) is 6.33. The van der Waals surface area contributed by atoms with E-state index < -0.39 is 5.91 Å². The number of anilines is 1. The monoisotopic (exact) mass is 612 g/mol. The van der Waals surface area contributed by atoms with Crippen LogP contribution in [0.3, 0.4) is 0 Å². The van der Waals surface area contributed by atoms with Gasteiger partial charge in [0.1, 0.15) is 18.2 Å². The number of amides is 1. The van der Waals surface area contributed by atoms with Crippen molar-refractivity contribution >= 4 is 75.1 Å². The fraction of sp³-hybridized carbons (Fsp3) is 0.0833. The normalized spacial score (nSPS) is 11.0. The van der Waals surface area contributed by atoms with Gasteiger partial charge in [-0.2, -0.15) is 5.26 Å². The highest BCUT2D eigenvalue weighted by atomic mass is 127. The molecule has 9 heteroatoms. The minimum absolute atomic E-state index is 0.131. The van der Waals surface area contributed by atoms with Gasteiger partial charge in [-0.1, -0.05) is 59.1 Å². The Labute approximate surface area is 220 Å². The molecule has 0 unspecified atom stereocenters. The summed E-state index contributed by atoms with van der Waals surface area (Å²) in [5, 5.41) is 13.3. The van der Waals surface area contributed by atoms with Crippen molar-refractivity contribution in [2.45, 2.75) is 6.61 Å². The van der Waals surface area contributed by atoms with Gasteiger partial charge in [-0.3, -0.25) is 4.79 Å². The molecule has 0 atom stereocenters. The molecule has 5 nitrogen and oxygen atoms in total. The van der Waals surface area contributed by atoms with Crippen LogP contribution in [0.2, 0.25) is 15.1 Å². The maximum Gasteiger partial charge on any atom is 0.266 e. The summed E-state index contributed by atoms with van der Waals surface area (Å²) in [4.78, 5) is 12.7. The van der Waals surface area contributed by atoms with Crippen molar-refractivity contribution in [3.05, 3.63) is 89.9 Å². The lowest BCUT2D eigenvalue weighted by atomic mass is 10.1. The Morgan fingerprint density at radius 2 is 1.76 bits per heavy atom. The van der Waals surface area contributed by atoms with E-state index in [9.17, 15) is 10.1 Å². The highest BCUT2D eigenvalue weighted by molar-refractivity contribution is 14.1. The number of halogens is 4. The molecule has 1 N–H and O–H groups in total. The average molecular weight is 614 g/mol. The van der Waals surface area contributed by atoms with Crippen molar-refractivity contribution in [3.63, 3.8) is 0 Å². The van der Waals surface area contributed by atoms with Crippen LogP contribution < -0.4 is 14.8 Å². The van der Waals surface area contributed by atoms with Gasteiger partial charge in [-0.05, 0) is 64.6 Å². The Balaban J connectivity index is 1.86. The number of ether oxygens (including phenoxy) is 2. The standard InChI is InChI=1S/C24H16Cl3IN2O3/c1-32-21-11-14(10-20(28)23(21)33-13-15-5-2-3-6-17(15)25)9-16(12-29)24(31)30-22-18(26)7-4-8-19(22)27/h2-11H,13H2,1H3,(H,30,31)/b16-9+. The third-order valence-electron chi connectivity index (χ3n) is 4.46. The van der Waals surface area contributed by atoms with Gasteiger partial charge in [-0.15, -0.1) is 0 Å². The van der Waals surface area contributed by atoms with Crippen molar-refractivity contribution in [2.24, 2.45) is 0 Å². The van der Waals surface area contributed by atoms with Crippen LogP contribution in [-0.4, -0.2) is 13.0 Å². The molecule has 168 valence electrons. The summed E-state index contributed by atoms with van der Waals surface area (Å²) in [6, 6.07) is 17.6. The smallest absolute Gasteiger partial charge is 0.266 e. The van der Waals surface area contributed by atoms with E-state index in [2.05, 4.69) is 27.9 Å². The van der Waals surface area contributed by atoms with Gasteiger partial charge in [0.15, 0.2) is 11.5 Å². The highest BCUT2D eigenvalue weighted by Crippen LogP contribution is 2.36. The lowest BCUT2D eigenvalue weighted by Crippen LogP contribution is -2.14. The molecule has 0 fully saturated rings. The summed E-state index contributed by atoms with van der Waals surface area (Å²) in [5.74, 6) is 0.341. The predicted molar refractivity (Wildman–Crippen MR) is 140 cm³/mol. The molecule has 3 aromatic carbocycles. The van der Waals surface area contributed by atoms with Crippen molar-refractivity contribution in [1.29, 1.82) is 5.26 Å². The molecule has 0 aliphatic rings. The van der Waals surface area contributed by atoms with E-state index in [0.717, 1.165) is 9.13 Å². The van der Waals surface area contributed by atoms with Crippen molar-refractivity contribution < 1.29 is 14.3 Å². The van der Waals surface area contributed by atoms with E-state index in [-0.39, 0.29) is 27.9 Å². The van der Waals surface area contributed by atoms with Crippen LogP contribution in [0.4, 0.5) is 5.69 Å². The van der Waals surface area contributed by atoms with Gasteiger partial charge in [-0.25, -0.2) is 0 Å². The summed E-state index contributed by atoms with van der Waals surface area (Å²) in [5.41, 5.74) is 1.53. The number of carbonyl (C=O) groups excluding carboxylic acids is 1. The molecular formula is C24H16Cl3IN2O3. The van der Waals surface area contributed by atoms with Gasteiger partial charge < -0.3 is 14.8 Å². The van der Waals surface area contributed by atoms with E-state index in [0.29, 0.717) is 22.1 Å². The molecule has 0 spiro atoms. The number of rotatable bonds is 7. The van der Waals surface area contributed by atoms with Crippen LogP contribution in [0.15, 0.2) is 60.2 Å². The number of methoxy groups -OCH3 is 1. The highest BCUT2D eigenvalue weighted by Gasteiger charge is 2.16. The molecule has 0 aromatic heterocycles. The Bertz CT molecular complexity index is 1250. The van der Waals surface area contributed by atoms with E-state index in [4.69, 9.17) is 44.3 Å². The zero-order valence-electron chi connectivity index (χ0n) is 17.2. The molecule has 1 amide bonds. The number of nitriles is 1. The minimum Gasteiger partial charge on any atom is -0.493 e. The molecule has 3 aromatic rings. The number of benzene rings is 3. The maximum absolute atomic E-state index is 12.7. The Hall–Kier alpha value is -2.44. The first-order chi connectivity index (χ1) is 15.8. The zero-order chi connectivity index (χ0) is 24.0. The summed E-state index contributed by atoms with van der Waals surface area (Å²) in [6.45, 7) is 0.256. The molecule has 0 aliphatic carbocycles. The first-order valence-corrected chi connectivity index (χ1v) is 11.7. The molecule has 0 saturated carbocycles. The van der Waals surface area contributed by atoms with Crippen LogP contribution in [-0.2, 0) is 11.4 Å². The Kier molecular flexibility index (Phi) is 8.87. The first-order valence-electron chi connectivity index (χ1n) is 9.45. The van der Waals surface area contributed by atoms with Gasteiger partial charge in [0, 0.05) is 10.6 Å². The van der Waals surface area contributed by atoms with Crippen LogP contribution in [0.5, 0.6) is 11.5 Å². The maximum atomic E-state index is 12.7. The second-order valence-corrected chi connectivity index (χ2v) is 9.02. The van der Waals surface area contributed by atoms with Crippen molar-refractivity contribution in [1.82, 2.24) is 0 Å². The number of nitrogens with zero attached hydrogens (tertiary/aromatic N) is 1. The predicted octanol–water partition coefficient (Wildman–Crippen LogP) is 7.38. The van der Waals surface area contributed by atoms with Crippen LogP contribution in [0.25, 0.3) is 6.08 Å². The summed E-state index contributed by atoms with van der Waals surface area (Å²) in [6.07, 6.45) is 1.45. The molecule has 3 rings (SSSR count). The van der Waals surface area contributed by atoms with Gasteiger partial charge >= 0.3 is 0 Å². The van der Waals surface area contributed by atoms with Crippen LogP contribution >= 0.6 is 57.4 Å². The number of hydrogen-bond donors (Lipinski definition) is 1. The number of para-hydroxylation sites is 1. The molecule has 0 heterocycles. The first kappa shape index (κ1) is 25.2. The van der Waals surface area contributed by atoms with Crippen LogP contribution in [0, 0.1) is 14.9 Å². The van der Waals surface area contributed by atoms with Gasteiger partial charge in [0.2, 0.25) is 0 Å². The van der Waals surface area contributed by atoms with E-state index >= 15 is 0 Å². The number of nitrogens with one attached hydrogen (secondary N) is 1. The summed E-state index contributed by atoms with van der Waals surface area (Å²) in [7, 11) is 1.51. The quantitative estimate of drug-likeness (QED) is 0.172. The minimum atomic E-state index is -0.638. The SMILES string of the molecule is COc1cc(/C=C(\C#N)C(=O)Nc2c(Cl)cccc2Cl)cc(I)c1OCc1ccccc1Cl. The van der Waals surface area contributed by atoms with Crippen LogP contribution in [0.1, 0.15) is 11.1 Å². The Morgan fingerprint density at radius 3 is 2.39 bits per heavy atom. The molecule has 0 saturated heterocycles. The fourth-order valence-electron chi connectivity index (χ4n) is 2.84. The molecule has 33 heavy (non-hydrogen) atoms. The van der Waals surface area contributed by atoms with E-state index in [1.165, 1.54) is 13.2 Å². The number of carbonyl (C=O) groups is 1. The largest absolute Gasteiger partial charge is 0.493 e. The second kappa shape index (κ2) is 11.6. The molecule has 0 bridgehead atoms. The lowest BCUT2D eigenvalue weighted by Gasteiger charge is -2.14. The second-order valence-electron chi connectivity index (χ2n) is 6.63. The summed E-state index contributed by atoms with van der Waals surface area (Å²) < 4.78 is 12.2. The van der Waals surface area contributed by atoms with Crippen molar-refractivity contribution in [2.75, 3.05) is 12.4 Å². The Morgan fingerprint density at radius 1 is 1.09 bits per heavy atom.